The number of carbonyl (C=O) groups excluding carboxylic acids is 2. The summed E-state index contributed by atoms with van der Waals surface area (Å²) in [4.78, 5) is 29.7. The molecule has 0 aliphatic carbocycles. The second-order valence-electron chi connectivity index (χ2n) is 7.04. The molecule has 2 amide bonds. The molecule has 2 rings (SSSR count). The number of rotatable bonds is 8. The lowest BCUT2D eigenvalue weighted by Gasteiger charge is -2.17. The Morgan fingerprint density at radius 3 is 2.60 bits per heavy atom. The average Bonchev–Trinajstić information content (AvgIpc) is 3.11. The van der Waals surface area contributed by atoms with Gasteiger partial charge in [0.1, 0.15) is 0 Å². The Bertz CT molecular complexity index is 899. The molecule has 0 saturated heterocycles. The maximum Gasteiger partial charge on any atom is 0.417 e. The molecule has 0 spiro atoms. The van der Waals surface area contributed by atoms with E-state index in [1.165, 1.54) is 18.0 Å². The van der Waals surface area contributed by atoms with Gasteiger partial charge >= 0.3 is 6.18 Å². The fraction of sp³-hybridized carbons (Fsp3) is 0.474. The smallest absolute Gasteiger partial charge is 0.339 e. The second kappa shape index (κ2) is 9.92. The molecule has 1 heterocycles. The highest BCUT2D eigenvalue weighted by molar-refractivity contribution is 6.31. The van der Waals surface area contributed by atoms with Crippen molar-refractivity contribution in [3.05, 3.63) is 40.5 Å². The highest BCUT2D eigenvalue weighted by Crippen LogP contribution is 2.36. The standard InChI is InChI=1S/C19H22ClF3N4O3/c1-11(2)18-25-16(30-26-18)5-4-6-17(29)27(3)10-15(28)24-12-7-8-14(20)13(9-12)19(21,22)23/h7-9,11H,4-6,10H2,1-3H3,(H,24,28). The number of anilines is 1. The molecule has 0 radical (unpaired) electrons. The number of nitrogens with one attached hydrogen (secondary N) is 1. The van der Waals surface area contributed by atoms with E-state index < -0.39 is 22.7 Å². The first kappa shape index (κ1) is 23.7. The molecule has 0 unspecified atom stereocenters. The van der Waals surface area contributed by atoms with Crippen LogP contribution in [-0.4, -0.2) is 40.4 Å². The third-order valence-corrected chi connectivity index (χ3v) is 4.47. The normalized spacial score (nSPS) is 11.6. The Kier molecular flexibility index (Phi) is 7.83. The fourth-order valence-electron chi connectivity index (χ4n) is 2.51. The van der Waals surface area contributed by atoms with Crippen LogP contribution in [0.4, 0.5) is 18.9 Å². The van der Waals surface area contributed by atoms with Crippen molar-refractivity contribution >= 4 is 29.1 Å². The molecule has 0 atom stereocenters. The van der Waals surface area contributed by atoms with Crippen molar-refractivity contribution < 1.29 is 27.3 Å². The van der Waals surface area contributed by atoms with Crippen LogP contribution in [0.1, 0.15) is 49.9 Å². The van der Waals surface area contributed by atoms with Gasteiger partial charge in [0.2, 0.25) is 17.7 Å². The van der Waals surface area contributed by atoms with Gasteiger partial charge in [0, 0.05) is 31.5 Å². The Hall–Kier alpha value is -2.62. The molecule has 0 fully saturated rings. The minimum atomic E-state index is -4.64. The van der Waals surface area contributed by atoms with Crippen LogP contribution < -0.4 is 5.32 Å². The number of likely N-dealkylation sites (N-methyl/N-ethyl adjacent to an activating group) is 1. The Morgan fingerprint density at radius 2 is 2.00 bits per heavy atom. The number of carbonyl (C=O) groups is 2. The van der Waals surface area contributed by atoms with Gasteiger partial charge in [0.15, 0.2) is 5.82 Å². The minimum absolute atomic E-state index is 0.0603. The summed E-state index contributed by atoms with van der Waals surface area (Å²) in [7, 11) is 1.44. The molecule has 2 aromatic rings. The molecule has 1 aromatic heterocycles. The molecular weight excluding hydrogens is 425 g/mol. The highest BCUT2D eigenvalue weighted by atomic mass is 35.5. The molecule has 0 bridgehead atoms. The Balaban J connectivity index is 1.82. The lowest BCUT2D eigenvalue weighted by molar-refractivity contribution is -0.137. The zero-order valence-corrected chi connectivity index (χ0v) is 17.5. The SMILES string of the molecule is CC(C)c1noc(CCCC(=O)N(C)CC(=O)Nc2ccc(Cl)c(C(F)(F)F)c2)n1. The van der Waals surface area contributed by atoms with Gasteiger partial charge in [-0.05, 0) is 24.6 Å². The van der Waals surface area contributed by atoms with E-state index in [1.54, 1.807) is 0 Å². The monoisotopic (exact) mass is 446 g/mol. The fourth-order valence-corrected chi connectivity index (χ4v) is 2.73. The van der Waals surface area contributed by atoms with Crippen LogP contribution in [0.15, 0.2) is 22.7 Å². The van der Waals surface area contributed by atoms with Gasteiger partial charge in [-0.2, -0.15) is 18.2 Å². The molecule has 0 aliphatic heterocycles. The number of halogens is 4. The summed E-state index contributed by atoms with van der Waals surface area (Å²) in [5.74, 6) is 0.262. The van der Waals surface area contributed by atoms with Gasteiger partial charge in [0.25, 0.3) is 0 Å². The first-order valence-electron chi connectivity index (χ1n) is 9.20. The number of nitrogens with zero attached hydrogens (tertiary/aromatic N) is 3. The summed E-state index contributed by atoms with van der Waals surface area (Å²) in [6.07, 6.45) is -3.60. The lowest BCUT2D eigenvalue weighted by atomic mass is 10.2. The second-order valence-corrected chi connectivity index (χ2v) is 7.45. The van der Waals surface area contributed by atoms with Gasteiger partial charge in [-0.25, -0.2) is 0 Å². The molecule has 0 aliphatic rings. The summed E-state index contributed by atoms with van der Waals surface area (Å²) >= 11 is 5.55. The van der Waals surface area contributed by atoms with Crippen LogP contribution in [0.2, 0.25) is 5.02 Å². The topological polar surface area (TPSA) is 88.3 Å². The van der Waals surface area contributed by atoms with E-state index in [2.05, 4.69) is 15.5 Å². The summed E-state index contributed by atoms with van der Waals surface area (Å²) in [5.41, 5.74) is -1.11. The Labute approximate surface area is 176 Å². The maximum absolute atomic E-state index is 12.9. The lowest BCUT2D eigenvalue weighted by Crippen LogP contribution is -2.34. The van der Waals surface area contributed by atoms with Crippen molar-refractivity contribution in [3.8, 4) is 0 Å². The first-order chi connectivity index (χ1) is 14.0. The summed E-state index contributed by atoms with van der Waals surface area (Å²) in [6.45, 7) is 3.57. The molecule has 164 valence electrons. The highest BCUT2D eigenvalue weighted by Gasteiger charge is 2.33. The summed E-state index contributed by atoms with van der Waals surface area (Å²) in [5, 5.41) is 5.72. The van der Waals surface area contributed by atoms with Crippen LogP contribution in [0.25, 0.3) is 0 Å². The third kappa shape index (κ3) is 6.72. The van der Waals surface area contributed by atoms with Gasteiger partial charge in [-0.3, -0.25) is 9.59 Å². The van der Waals surface area contributed by atoms with Crippen molar-refractivity contribution in [1.29, 1.82) is 0 Å². The van der Waals surface area contributed by atoms with E-state index in [9.17, 15) is 22.8 Å². The summed E-state index contributed by atoms with van der Waals surface area (Å²) < 4.78 is 43.8. The molecule has 0 saturated carbocycles. The van der Waals surface area contributed by atoms with Crippen molar-refractivity contribution in [2.24, 2.45) is 0 Å². The largest absolute Gasteiger partial charge is 0.417 e. The van der Waals surface area contributed by atoms with Crippen LogP contribution in [0.5, 0.6) is 0 Å². The number of aromatic nitrogens is 2. The molecular formula is C19H22ClF3N4O3. The molecule has 30 heavy (non-hydrogen) atoms. The van der Waals surface area contributed by atoms with Gasteiger partial charge < -0.3 is 14.7 Å². The first-order valence-corrected chi connectivity index (χ1v) is 9.58. The third-order valence-electron chi connectivity index (χ3n) is 4.14. The molecule has 7 nitrogen and oxygen atoms in total. The number of alkyl halides is 3. The van der Waals surface area contributed by atoms with Crippen LogP contribution in [-0.2, 0) is 22.2 Å². The van der Waals surface area contributed by atoms with E-state index in [4.69, 9.17) is 16.1 Å². The number of aryl methyl sites for hydroxylation is 1. The van der Waals surface area contributed by atoms with E-state index in [0.29, 0.717) is 24.6 Å². The van der Waals surface area contributed by atoms with E-state index in [0.717, 1.165) is 12.1 Å². The zero-order valence-electron chi connectivity index (χ0n) is 16.7. The van der Waals surface area contributed by atoms with Crippen molar-refractivity contribution in [1.82, 2.24) is 15.0 Å². The van der Waals surface area contributed by atoms with Crippen molar-refractivity contribution in [2.75, 3.05) is 18.9 Å². The van der Waals surface area contributed by atoms with Crippen LogP contribution in [0.3, 0.4) is 0 Å². The van der Waals surface area contributed by atoms with Gasteiger partial charge in [-0.1, -0.05) is 30.6 Å². The Morgan fingerprint density at radius 1 is 1.30 bits per heavy atom. The minimum Gasteiger partial charge on any atom is -0.339 e. The number of hydrogen-bond donors (Lipinski definition) is 1. The van der Waals surface area contributed by atoms with Gasteiger partial charge in [-0.15, -0.1) is 0 Å². The number of benzene rings is 1. The van der Waals surface area contributed by atoms with E-state index in [-0.39, 0.29) is 30.5 Å². The molecule has 1 N–H and O–H groups in total. The van der Waals surface area contributed by atoms with Crippen molar-refractivity contribution in [2.45, 2.75) is 45.2 Å². The quantitative estimate of drug-likeness (QED) is 0.653. The number of amides is 2. The predicted octanol–water partition coefficient (Wildman–Crippen LogP) is 4.29. The van der Waals surface area contributed by atoms with Crippen molar-refractivity contribution in [3.63, 3.8) is 0 Å². The summed E-state index contributed by atoms with van der Waals surface area (Å²) in [6, 6.07) is 3.06. The van der Waals surface area contributed by atoms with E-state index >= 15 is 0 Å². The number of hydrogen-bond acceptors (Lipinski definition) is 5. The zero-order chi connectivity index (χ0) is 22.5. The molecule has 11 heteroatoms. The average molecular weight is 447 g/mol. The van der Waals surface area contributed by atoms with Gasteiger partial charge in [0.05, 0.1) is 17.1 Å². The van der Waals surface area contributed by atoms with Crippen LogP contribution in [0, 0.1) is 0 Å². The maximum atomic E-state index is 12.9. The van der Waals surface area contributed by atoms with Crippen LogP contribution >= 0.6 is 11.6 Å². The molecule has 1 aromatic carbocycles. The van der Waals surface area contributed by atoms with E-state index in [1.807, 2.05) is 13.8 Å². The predicted molar refractivity (Wildman–Crippen MR) is 104 cm³/mol.